The van der Waals surface area contributed by atoms with Crippen molar-refractivity contribution in [3.05, 3.63) is 89.2 Å². The minimum atomic E-state index is -0.502. The number of nitrogens with zero attached hydrogens (tertiary/aromatic N) is 1. The first-order valence-corrected chi connectivity index (χ1v) is 9.62. The standard InChI is InChI=1S/C24H21FN2O5/c1-16-3-6-18(7-4-16)24(29)32-21-12-5-17(13-22(21)30-2)14-26-27-23(28)15-31-20-10-8-19(25)9-11-20/h3-14H,15H2,1-2H3,(H,27,28)/b26-14-. The highest BCUT2D eigenvalue weighted by Gasteiger charge is 2.12. The number of carbonyl (C=O) groups is 2. The van der Waals surface area contributed by atoms with Gasteiger partial charge in [0.2, 0.25) is 0 Å². The van der Waals surface area contributed by atoms with E-state index in [1.165, 1.54) is 37.6 Å². The first-order chi connectivity index (χ1) is 15.4. The number of halogens is 1. The molecule has 0 spiro atoms. The van der Waals surface area contributed by atoms with E-state index in [1.807, 2.05) is 19.1 Å². The maximum Gasteiger partial charge on any atom is 0.343 e. The van der Waals surface area contributed by atoms with E-state index in [2.05, 4.69) is 10.5 Å². The van der Waals surface area contributed by atoms with Gasteiger partial charge >= 0.3 is 5.97 Å². The van der Waals surface area contributed by atoms with Crippen LogP contribution in [0.25, 0.3) is 0 Å². The fourth-order valence-electron chi connectivity index (χ4n) is 2.59. The molecule has 3 aromatic rings. The summed E-state index contributed by atoms with van der Waals surface area (Å²) in [4.78, 5) is 24.1. The van der Waals surface area contributed by atoms with Gasteiger partial charge in [-0.3, -0.25) is 4.79 Å². The van der Waals surface area contributed by atoms with E-state index in [1.54, 1.807) is 30.3 Å². The van der Waals surface area contributed by atoms with Crippen molar-refractivity contribution in [2.75, 3.05) is 13.7 Å². The molecule has 7 nitrogen and oxygen atoms in total. The SMILES string of the molecule is COc1cc(/C=N\NC(=O)COc2ccc(F)cc2)ccc1OC(=O)c1ccc(C)cc1. The van der Waals surface area contributed by atoms with Gasteiger partial charge in [0, 0.05) is 0 Å². The van der Waals surface area contributed by atoms with Gasteiger partial charge in [-0.1, -0.05) is 17.7 Å². The van der Waals surface area contributed by atoms with Gasteiger partial charge in [0.05, 0.1) is 18.9 Å². The fraction of sp³-hybridized carbons (Fsp3) is 0.125. The number of esters is 1. The second-order valence-corrected chi connectivity index (χ2v) is 6.70. The Morgan fingerprint density at radius 2 is 1.72 bits per heavy atom. The topological polar surface area (TPSA) is 86.2 Å². The Labute approximate surface area is 184 Å². The minimum absolute atomic E-state index is 0.256. The van der Waals surface area contributed by atoms with E-state index in [0.717, 1.165) is 5.56 Å². The number of hydrazone groups is 1. The van der Waals surface area contributed by atoms with Crippen molar-refractivity contribution in [2.24, 2.45) is 5.10 Å². The highest BCUT2D eigenvalue weighted by atomic mass is 19.1. The van der Waals surface area contributed by atoms with Gasteiger partial charge in [-0.05, 0) is 67.1 Å². The van der Waals surface area contributed by atoms with Gasteiger partial charge in [-0.15, -0.1) is 0 Å². The Bertz CT molecular complexity index is 1110. The summed E-state index contributed by atoms with van der Waals surface area (Å²) in [6.07, 6.45) is 1.41. The Kier molecular flexibility index (Phi) is 7.53. The molecular formula is C24H21FN2O5. The minimum Gasteiger partial charge on any atom is -0.493 e. The highest BCUT2D eigenvalue weighted by molar-refractivity contribution is 5.91. The predicted molar refractivity (Wildman–Crippen MR) is 117 cm³/mol. The van der Waals surface area contributed by atoms with Gasteiger partial charge in [-0.2, -0.15) is 5.10 Å². The second-order valence-electron chi connectivity index (χ2n) is 6.70. The molecule has 0 heterocycles. The van der Waals surface area contributed by atoms with Crippen molar-refractivity contribution in [3.63, 3.8) is 0 Å². The summed E-state index contributed by atoms with van der Waals surface area (Å²) in [5.41, 5.74) is 4.40. The monoisotopic (exact) mass is 436 g/mol. The van der Waals surface area contributed by atoms with Crippen molar-refractivity contribution >= 4 is 18.1 Å². The number of amides is 1. The molecule has 0 saturated heterocycles. The molecule has 32 heavy (non-hydrogen) atoms. The van der Waals surface area contributed by atoms with Crippen LogP contribution in [-0.2, 0) is 4.79 Å². The number of carbonyl (C=O) groups excluding carboxylic acids is 2. The number of benzene rings is 3. The van der Waals surface area contributed by atoms with E-state index < -0.39 is 17.7 Å². The van der Waals surface area contributed by atoms with Crippen LogP contribution in [0, 0.1) is 12.7 Å². The van der Waals surface area contributed by atoms with Crippen LogP contribution in [-0.4, -0.2) is 31.8 Å². The molecule has 0 fully saturated rings. The number of rotatable bonds is 8. The van der Waals surface area contributed by atoms with E-state index in [9.17, 15) is 14.0 Å². The summed E-state index contributed by atoms with van der Waals surface area (Å²) in [6.45, 7) is 1.65. The third-order valence-corrected chi connectivity index (χ3v) is 4.26. The third kappa shape index (κ3) is 6.40. The van der Waals surface area contributed by atoms with E-state index >= 15 is 0 Å². The molecule has 0 radical (unpaired) electrons. The van der Waals surface area contributed by atoms with Gasteiger partial charge in [-0.25, -0.2) is 14.6 Å². The summed E-state index contributed by atoms with van der Waals surface area (Å²) in [6, 6.07) is 17.2. The molecule has 0 bridgehead atoms. The lowest BCUT2D eigenvalue weighted by atomic mass is 10.1. The Balaban J connectivity index is 1.55. The summed E-state index contributed by atoms with van der Waals surface area (Å²) in [7, 11) is 1.45. The normalized spacial score (nSPS) is 10.6. The largest absolute Gasteiger partial charge is 0.493 e. The number of ether oxygens (including phenoxy) is 3. The zero-order valence-electron chi connectivity index (χ0n) is 17.5. The molecule has 1 amide bonds. The van der Waals surface area contributed by atoms with E-state index in [4.69, 9.17) is 14.2 Å². The molecular weight excluding hydrogens is 415 g/mol. The molecule has 0 aliphatic carbocycles. The van der Waals surface area contributed by atoms with Gasteiger partial charge in [0.25, 0.3) is 5.91 Å². The lowest BCUT2D eigenvalue weighted by Gasteiger charge is -2.10. The predicted octanol–water partition coefficient (Wildman–Crippen LogP) is 3.89. The Hall–Kier alpha value is -4.20. The summed E-state index contributed by atoms with van der Waals surface area (Å²) < 4.78 is 28.8. The summed E-state index contributed by atoms with van der Waals surface area (Å²) in [5.74, 6) is -0.421. The van der Waals surface area contributed by atoms with Gasteiger partial charge in [0.15, 0.2) is 18.1 Å². The van der Waals surface area contributed by atoms with Crippen LogP contribution >= 0.6 is 0 Å². The van der Waals surface area contributed by atoms with Crippen molar-refractivity contribution in [1.29, 1.82) is 0 Å². The average molecular weight is 436 g/mol. The first-order valence-electron chi connectivity index (χ1n) is 9.62. The van der Waals surface area contributed by atoms with Crippen LogP contribution in [0.15, 0.2) is 71.8 Å². The molecule has 8 heteroatoms. The van der Waals surface area contributed by atoms with Crippen LogP contribution in [0.3, 0.4) is 0 Å². The number of nitrogens with one attached hydrogen (secondary N) is 1. The van der Waals surface area contributed by atoms with Crippen molar-refractivity contribution < 1.29 is 28.2 Å². The molecule has 0 aromatic heterocycles. The molecule has 3 aromatic carbocycles. The molecule has 0 unspecified atom stereocenters. The lowest BCUT2D eigenvalue weighted by Crippen LogP contribution is -2.24. The third-order valence-electron chi connectivity index (χ3n) is 4.26. The smallest absolute Gasteiger partial charge is 0.343 e. The lowest BCUT2D eigenvalue weighted by molar-refractivity contribution is -0.123. The van der Waals surface area contributed by atoms with Gasteiger partial charge in [0.1, 0.15) is 11.6 Å². The molecule has 1 N–H and O–H groups in total. The Morgan fingerprint density at radius 3 is 2.41 bits per heavy atom. The van der Waals surface area contributed by atoms with Crippen molar-refractivity contribution in [3.8, 4) is 17.2 Å². The van der Waals surface area contributed by atoms with Gasteiger partial charge < -0.3 is 14.2 Å². The van der Waals surface area contributed by atoms with Crippen LogP contribution < -0.4 is 19.6 Å². The zero-order valence-corrected chi connectivity index (χ0v) is 17.5. The average Bonchev–Trinajstić information content (AvgIpc) is 2.80. The number of hydrogen-bond donors (Lipinski definition) is 1. The summed E-state index contributed by atoms with van der Waals surface area (Å²) >= 11 is 0. The van der Waals surface area contributed by atoms with Crippen LogP contribution in [0.1, 0.15) is 21.5 Å². The molecule has 0 atom stereocenters. The number of aryl methyl sites for hydroxylation is 1. The first kappa shape index (κ1) is 22.5. The Morgan fingerprint density at radius 1 is 1.00 bits per heavy atom. The van der Waals surface area contributed by atoms with E-state index in [-0.39, 0.29) is 12.4 Å². The fourth-order valence-corrected chi connectivity index (χ4v) is 2.59. The highest BCUT2D eigenvalue weighted by Crippen LogP contribution is 2.28. The molecule has 0 aliphatic heterocycles. The molecule has 0 saturated carbocycles. The molecule has 164 valence electrons. The summed E-state index contributed by atoms with van der Waals surface area (Å²) in [5, 5.41) is 3.86. The second kappa shape index (κ2) is 10.7. The van der Waals surface area contributed by atoms with Crippen LogP contribution in [0.5, 0.6) is 17.2 Å². The maximum absolute atomic E-state index is 12.9. The maximum atomic E-state index is 12.9. The van der Waals surface area contributed by atoms with Crippen LogP contribution in [0.4, 0.5) is 4.39 Å². The quantitative estimate of drug-likeness (QED) is 0.251. The van der Waals surface area contributed by atoms with Crippen molar-refractivity contribution in [2.45, 2.75) is 6.92 Å². The number of hydrogen-bond acceptors (Lipinski definition) is 6. The van der Waals surface area contributed by atoms with E-state index in [0.29, 0.717) is 22.6 Å². The zero-order chi connectivity index (χ0) is 22.9. The van der Waals surface area contributed by atoms with Crippen molar-refractivity contribution in [1.82, 2.24) is 5.43 Å². The molecule has 3 rings (SSSR count). The number of methoxy groups -OCH3 is 1. The van der Waals surface area contributed by atoms with Crippen LogP contribution in [0.2, 0.25) is 0 Å². The molecule has 0 aliphatic rings.